The van der Waals surface area contributed by atoms with Crippen LogP contribution in [-0.4, -0.2) is 26.2 Å². The van der Waals surface area contributed by atoms with Crippen LogP contribution < -0.4 is 9.80 Å². The Morgan fingerprint density at radius 2 is 1.04 bits per heavy atom. The topological polar surface area (TPSA) is 6.48 Å². The quantitative estimate of drug-likeness (QED) is 0.768. The van der Waals surface area contributed by atoms with Gasteiger partial charge < -0.3 is 9.80 Å². The molecule has 0 N–H and O–H groups in total. The summed E-state index contributed by atoms with van der Waals surface area (Å²) in [5, 5.41) is 0. The van der Waals surface area contributed by atoms with Crippen molar-refractivity contribution in [2.75, 3.05) is 36.0 Å². The van der Waals surface area contributed by atoms with Crippen molar-refractivity contribution in [3.8, 4) is 0 Å². The molecule has 2 aromatic carbocycles. The van der Waals surface area contributed by atoms with Crippen molar-refractivity contribution in [1.82, 2.24) is 0 Å². The molecule has 0 spiro atoms. The normalized spacial score (nSPS) is 17.5. The second-order valence-corrected chi connectivity index (χ2v) is 7.79. The van der Waals surface area contributed by atoms with Crippen LogP contribution in [0.4, 0.5) is 11.4 Å². The van der Waals surface area contributed by atoms with E-state index in [9.17, 15) is 0 Å². The largest absolute Gasteiger partial charge is 0.372 e. The maximum atomic E-state index is 2.52. The maximum Gasteiger partial charge on any atom is 0.0369 e. The van der Waals surface area contributed by atoms with Crippen LogP contribution in [0.25, 0.3) is 0 Å². The average Bonchev–Trinajstić information content (AvgIpc) is 3.31. The fraction of sp³-hybridized carbons (Fsp3) is 0.478. The third kappa shape index (κ3) is 3.53. The fourth-order valence-electron chi connectivity index (χ4n) is 4.31. The molecule has 132 valence electrons. The van der Waals surface area contributed by atoms with Crippen LogP contribution in [0, 0.1) is 13.8 Å². The first-order chi connectivity index (χ1) is 12.2. The monoisotopic (exact) mass is 334 g/mol. The molecule has 2 heterocycles. The zero-order valence-corrected chi connectivity index (χ0v) is 15.7. The van der Waals surface area contributed by atoms with E-state index in [1.54, 1.807) is 0 Å². The zero-order valence-electron chi connectivity index (χ0n) is 15.7. The van der Waals surface area contributed by atoms with Crippen LogP contribution in [0.15, 0.2) is 36.4 Å². The predicted octanol–water partition coefficient (Wildman–Crippen LogP) is 5.09. The van der Waals surface area contributed by atoms with Gasteiger partial charge in [-0.05, 0) is 92.5 Å². The Labute approximate surface area is 152 Å². The average molecular weight is 335 g/mol. The molecule has 2 heteroatoms. The summed E-state index contributed by atoms with van der Waals surface area (Å²) in [6, 6.07) is 14.1. The second-order valence-electron chi connectivity index (χ2n) is 7.79. The SMILES string of the molecule is Cc1cc(N2CCCC2)ccc1Cc1ccc(N2CCCC2)cc1C. The molecule has 2 fully saturated rings. The van der Waals surface area contributed by atoms with Crippen molar-refractivity contribution in [1.29, 1.82) is 0 Å². The molecule has 0 bridgehead atoms. The molecule has 2 aromatic rings. The van der Waals surface area contributed by atoms with Gasteiger partial charge in [0.15, 0.2) is 0 Å². The van der Waals surface area contributed by atoms with E-state index in [1.807, 2.05) is 0 Å². The molecule has 2 saturated heterocycles. The summed E-state index contributed by atoms with van der Waals surface area (Å²) in [4.78, 5) is 5.04. The first-order valence-electron chi connectivity index (χ1n) is 9.90. The maximum absolute atomic E-state index is 2.52. The summed E-state index contributed by atoms with van der Waals surface area (Å²) >= 11 is 0. The molecule has 0 aromatic heterocycles. The number of nitrogens with zero attached hydrogens (tertiary/aromatic N) is 2. The van der Waals surface area contributed by atoms with Gasteiger partial charge in [0.1, 0.15) is 0 Å². The predicted molar refractivity (Wildman–Crippen MR) is 108 cm³/mol. The lowest BCUT2D eigenvalue weighted by Gasteiger charge is -2.21. The van der Waals surface area contributed by atoms with E-state index in [0.29, 0.717) is 0 Å². The lowest BCUT2D eigenvalue weighted by molar-refractivity contribution is 0.949. The summed E-state index contributed by atoms with van der Waals surface area (Å²) in [5.41, 5.74) is 8.57. The molecule has 2 aliphatic rings. The minimum absolute atomic E-state index is 1.04. The number of rotatable bonds is 4. The standard InChI is InChI=1S/C23H30N2/c1-18-15-22(24-11-3-4-12-24)9-7-20(18)17-21-8-10-23(16-19(21)2)25-13-5-6-14-25/h7-10,15-16H,3-6,11-14,17H2,1-2H3. The molecule has 0 aliphatic carbocycles. The Kier molecular flexibility index (Phi) is 4.70. The molecule has 0 unspecified atom stereocenters. The minimum atomic E-state index is 1.04. The van der Waals surface area contributed by atoms with Gasteiger partial charge in [0, 0.05) is 37.6 Å². The van der Waals surface area contributed by atoms with Gasteiger partial charge in [-0.1, -0.05) is 12.1 Å². The van der Waals surface area contributed by atoms with E-state index in [2.05, 4.69) is 60.0 Å². The van der Waals surface area contributed by atoms with Crippen molar-refractivity contribution in [2.45, 2.75) is 46.0 Å². The highest BCUT2D eigenvalue weighted by Crippen LogP contribution is 2.27. The van der Waals surface area contributed by atoms with Crippen LogP contribution in [0.1, 0.15) is 47.9 Å². The molecule has 0 saturated carbocycles. The molecule has 0 atom stereocenters. The van der Waals surface area contributed by atoms with Gasteiger partial charge in [-0.15, -0.1) is 0 Å². The van der Waals surface area contributed by atoms with Crippen molar-refractivity contribution in [3.05, 3.63) is 58.7 Å². The number of anilines is 2. The minimum Gasteiger partial charge on any atom is -0.372 e. The van der Waals surface area contributed by atoms with Crippen LogP contribution in [-0.2, 0) is 6.42 Å². The van der Waals surface area contributed by atoms with Gasteiger partial charge in [0.2, 0.25) is 0 Å². The number of hydrogen-bond donors (Lipinski definition) is 0. The van der Waals surface area contributed by atoms with Crippen LogP contribution in [0.3, 0.4) is 0 Å². The highest BCUT2D eigenvalue weighted by Gasteiger charge is 2.15. The molecule has 2 nitrogen and oxygen atoms in total. The van der Waals surface area contributed by atoms with E-state index in [1.165, 1.54) is 85.5 Å². The third-order valence-corrected chi connectivity index (χ3v) is 5.98. The fourth-order valence-corrected chi connectivity index (χ4v) is 4.31. The summed E-state index contributed by atoms with van der Waals surface area (Å²) < 4.78 is 0. The molecule has 25 heavy (non-hydrogen) atoms. The first kappa shape index (κ1) is 16.5. The summed E-state index contributed by atoms with van der Waals surface area (Å²) in [6.07, 6.45) is 6.39. The molecule has 2 aliphatic heterocycles. The summed E-state index contributed by atoms with van der Waals surface area (Å²) in [7, 11) is 0. The zero-order chi connectivity index (χ0) is 17.2. The van der Waals surface area contributed by atoms with Crippen molar-refractivity contribution in [2.24, 2.45) is 0 Å². The molecule has 0 radical (unpaired) electrons. The highest BCUT2D eigenvalue weighted by molar-refractivity contribution is 5.54. The first-order valence-corrected chi connectivity index (χ1v) is 9.90. The lowest BCUT2D eigenvalue weighted by atomic mass is 9.96. The van der Waals surface area contributed by atoms with Gasteiger partial charge in [-0.3, -0.25) is 0 Å². The molecular weight excluding hydrogens is 304 g/mol. The van der Waals surface area contributed by atoms with Gasteiger partial charge >= 0.3 is 0 Å². The van der Waals surface area contributed by atoms with E-state index >= 15 is 0 Å². The Balaban J connectivity index is 1.51. The Hall–Kier alpha value is -1.96. The van der Waals surface area contributed by atoms with Gasteiger partial charge in [-0.2, -0.15) is 0 Å². The van der Waals surface area contributed by atoms with Crippen LogP contribution >= 0.6 is 0 Å². The van der Waals surface area contributed by atoms with E-state index in [0.717, 1.165) is 6.42 Å². The molecule has 0 amide bonds. The van der Waals surface area contributed by atoms with E-state index in [4.69, 9.17) is 0 Å². The third-order valence-electron chi connectivity index (χ3n) is 5.98. The van der Waals surface area contributed by atoms with Crippen molar-refractivity contribution in [3.63, 3.8) is 0 Å². The lowest BCUT2D eigenvalue weighted by Crippen LogP contribution is -2.18. The van der Waals surface area contributed by atoms with Gasteiger partial charge in [-0.25, -0.2) is 0 Å². The number of aryl methyl sites for hydroxylation is 2. The molecule has 4 rings (SSSR count). The Morgan fingerprint density at radius 3 is 1.40 bits per heavy atom. The number of benzene rings is 2. The highest BCUT2D eigenvalue weighted by atomic mass is 15.1. The van der Waals surface area contributed by atoms with E-state index in [-0.39, 0.29) is 0 Å². The Morgan fingerprint density at radius 1 is 0.640 bits per heavy atom. The Bertz CT molecular complexity index is 674. The van der Waals surface area contributed by atoms with Crippen molar-refractivity contribution < 1.29 is 0 Å². The van der Waals surface area contributed by atoms with E-state index < -0.39 is 0 Å². The summed E-state index contributed by atoms with van der Waals surface area (Å²) in [6.45, 7) is 9.41. The van der Waals surface area contributed by atoms with Gasteiger partial charge in [0.25, 0.3) is 0 Å². The van der Waals surface area contributed by atoms with Gasteiger partial charge in [0.05, 0.1) is 0 Å². The second kappa shape index (κ2) is 7.11. The van der Waals surface area contributed by atoms with Crippen LogP contribution in [0.2, 0.25) is 0 Å². The van der Waals surface area contributed by atoms with Crippen molar-refractivity contribution >= 4 is 11.4 Å². The summed E-state index contributed by atoms with van der Waals surface area (Å²) in [5.74, 6) is 0. The van der Waals surface area contributed by atoms with Crippen LogP contribution in [0.5, 0.6) is 0 Å². The molecular formula is C23H30N2. The smallest absolute Gasteiger partial charge is 0.0369 e. The number of hydrogen-bond acceptors (Lipinski definition) is 2.